The van der Waals surface area contributed by atoms with Crippen molar-refractivity contribution in [2.45, 2.75) is 13.8 Å². The minimum atomic E-state index is 0.477. The standard InChI is InChI=1S/C11H15IN2/c1-11(2)6-14(7-11)10-4-3-8(13)5-9(10)12/h3-5H,6-7,13H2,1-2H3. The van der Waals surface area contributed by atoms with E-state index in [2.05, 4.69) is 47.4 Å². The van der Waals surface area contributed by atoms with Gasteiger partial charge in [0.25, 0.3) is 0 Å². The van der Waals surface area contributed by atoms with Crippen molar-refractivity contribution in [3.05, 3.63) is 21.8 Å². The van der Waals surface area contributed by atoms with E-state index in [1.54, 1.807) is 0 Å². The van der Waals surface area contributed by atoms with E-state index < -0.39 is 0 Å². The molecular formula is C11H15IN2. The van der Waals surface area contributed by atoms with Crippen LogP contribution in [0, 0.1) is 8.99 Å². The number of hydrogen-bond acceptors (Lipinski definition) is 2. The van der Waals surface area contributed by atoms with Gasteiger partial charge in [0.15, 0.2) is 0 Å². The number of anilines is 2. The van der Waals surface area contributed by atoms with Crippen LogP contribution in [0.25, 0.3) is 0 Å². The second-order valence-corrected chi connectivity index (χ2v) is 5.89. The molecular weight excluding hydrogens is 287 g/mol. The molecule has 0 atom stereocenters. The third-order valence-corrected chi connectivity index (χ3v) is 3.41. The van der Waals surface area contributed by atoms with E-state index in [1.807, 2.05) is 12.1 Å². The third-order valence-electron chi connectivity index (χ3n) is 2.55. The van der Waals surface area contributed by atoms with Gasteiger partial charge in [0, 0.05) is 22.3 Å². The van der Waals surface area contributed by atoms with Crippen molar-refractivity contribution in [2.24, 2.45) is 5.41 Å². The largest absolute Gasteiger partial charge is 0.399 e. The van der Waals surface area contributed by atoms with Crippen molar-refractivity contribution in [1.29, 1.82) is 0 Å². The van der Waals surface area contributed by atoms with E-state index in [0.717, 1.165) is 18.8 Å². The van der Waals surface area contributed by atoms with Crippen LogP contribution in [0.3, 0.4) is 0 Å². The van der Waals surface area contributed by atoms with Gasteiger partial charge in [0.05, 0.1) is 5.69 Å². The smallest absolute Gasteiger partial charge is 0.0503 e. The summed E-state index contributed by atoms with van der Waals surface area (Å²) in [6, 6.07) is 6.12. The Morgan fingerprint density at radius 3 is 2.50 bits per heavy atom. The normalized spacial score (nSPS) is 19.2. The Morgan fingerprint density at radius 1 is 1.36 bits per heavy atom. The topological polar surface area (TPSA) is 29.3 Å². The zero-order chi connectivity index (χ0) is 10.3. The highest BCUT2D eigenvalue weighted by Crippen LogP contribution is 2.36. The number of halogens is 1. The molecule has 0 aliphatic carbocycles. The molecule has 76 valence electrons. The van der Waals surface area contributed by atoms with E-state index in [1.165, 1.54) is 9.26 Å². The summed E-state index contributed by atoms with van der Waals surface area (Å²) in [5.41, 5.74) is 8.36. The Balaban J connectivity index is 2.19. The number of nitrogen functional groups attached to an aromatic ring is 1. The predicted molar refractivity (Wildman–Crippen MR) is 69.6 cm³/mol. The molecule has 1 aromatic rings. The van der Waals surface area contributed by atoms with Gasteiger partial charge < -0.3 is 10.6 Å². The van der Waals surface area contributed by atoms with Crippen molar-refractivity contribution in [3.63, 3.8) is 0 Å². The molecule has 0 spiro atoms. The van der Waals surface area contributed by atoms with Gasteiger partial charge in [0.2, 0.25) is 0 Å². The maximum absolute atomic E-state index is 5.72. The number of nitrogens with zero attached hydrogens (tertiary/aromatic N) is 1. The van der Waals surface area contributed by atoms with Gasteiger partial charge in [-0.1, -0.05) is 13.8 Å². The molecule has 0 aromatic heterocycles. The zero-order valence-corrected chi connectivity index (χ0v) is 10.7. The van der Waals surface area contributed by atoms with Gasteiger partial charge in [0.1, 0.15) is 0 Å². The van der Waals surface area contributed by atoms with E-state index in [4.69, 9.17) is 5.73 Å². The Kier molecular flexibility index (Phi) is 2.37. The number of nitrogens with two attached hydrogens (primary N) is 1. The molecule has 2 rings (SSSR count). The van der Waals surface area contributed by atoms with E-state index >= 15 is 0 Å². The van der Waals surface area contributed by atoms with Gasteiger partial charge in [-0.3, -0.25) is 0 Å². The van der Waals surface area contributed by atoms with Gasteiger partial charge in [-0.05, 0) is 46.2 Å². The minimum Gasteiger partial charge on any atom is -0.399 e. The van der Waals surface area contributed by atoms with Crippen LogP contribution >= 0.6 is 22.6 Å². The first-order chi connectivity index (χ1) is 6.48. The second kappa shape index (κ2) is 3.29. The van der Waals surface area contributed by atoms with Crippen LogP contribution in [0.5, 0.6) is 0 Å². The Labute approximate surface area is 98.6 Å². The van der Waals surface area contributed by atoms with Crippen molar-refractivity contribution >= 4 is 34.0 Å². The highest BCUT2D eigenvalue weighted by atomic mass is 127. The molecule has 14 heavy (non-hydrogen) atoms. The van der Waals surface area contributed by atoms with Crippen LogP contribution in [0.2, 0.25) is 0 Å². The predicted octanol–water partition coefficient (Wildman–Crippen LogP) is 2.72. The van der Waals surface area contributed by atoms with Crippen molar-refractivity contribution in [1.82, 2.24) is 0 Å². The van der Waals surface area contributed by atoms with Gasteiger partial charge in [-0.15, -0.1) is 0 Å². The number of benzene rings is 1. The monoisotopic (exact) mass is 302 g/mol. The first-order valence-electron chi connectivity index (χ1n) is 4.78. The summed E-state index contributed by atoms with van der Waals surface area (Å²) in [6.45, 7) is 6.89. The Hall–Kier alpha value is -0.450. The summed E-state index contributed by atoms with van der Waals surface area (Å²) in [5, 5.41) is 0. The molecule has 1 saturated heterocycles. The molecule has 1 aliphatic heterocycles. The van der Waals surface area contributed by atoms with Crippen molar-refractivity contribution in [3.8, 4) is 0 Å². The van der Waals surface area contributed by atoms with Crippen LogP contribution in [0.15, 0.2) is 18.2 Å². The Bertz CT molecular complexity index is 352. The molecule has 2 nitrogen and oxygen atoms in total. The summed E-state index contributed by atoms with van der Waals surface area (Å²) in [5.74, 6) is 0. The molecule has 3 heteroatoms. The quantitative estimate of drug-likeness (QED) is 0.638. The van der Waals surface area contributed by atoms with Crippen LogP contribution in [0.4, 0.5) is 11.4 Å². The average molecular weight is 302 g/mol. The fourth-order valence-electron chi connectivity index (χ4n) is 1.94. The Morgan fingerprint density at radius 2 is 2.00 bits per heavy atom. The maximum Gasteiger partial charge on any atom is 0.0503 e. The highest BCUT2D eigenvalue weighted by Gasteiger charge is 2.34. The van der Waals surface area contributed by atoms with Crippen LogP contribution in [0.1, 0.15) is 13.8 Å². The molecule has 0 bridgehead atoms. The lowest BCUT2D eigenvalue weighted by molar-refractivity contribution is 0.276. The summed E-state index contributed by atoms with van der Waals surface area (Å²) in [7, 11) is 0. The molecule has 1 fully saturated rings. The lowest BCUT2D eigenvalue weighted by atomic mass is 9.84. The van der Waals surface area contributed by atoms with Crippen molar-refractivity contribution in [2.75, 3.05) is 23.7 Å². The minimum absolute atomic E-state index is 0.477. The molecule has 2 N–H and O–H groups in total. The summed E-state index contributed by atoms with van der Waals surface area (Å²) in [4.78, 5) is 2.40. The maximum atomic E-state index is 5.72. The average Bonchev–Trinajstić information content (AvgIpc) is 2.00. The fraction of sp³-hybridized carbons (Fsp3) is 0.455. The molecule has 0 amide bonds. The first-order valence-corrected chi connectivity index (χ1v) is 5.86. The summed E-state index contributed by atoms with van der Waals surface area (Å²) >= 11 is 2.35. The summed E-state index contributed by atoms with van der Waals surface area (Å²) in [6.07, 6.45) is 0. The molecule has 1 aliphatic rings. The van der Waals surface area contributed by atoms with E-state index in [0.29, 0.717) is 5.41 Å². The summed E-state index contributed by atoms with van der Waals surface area (Å²) < 4.78 is 1.25. The van der Waals surface area contributed by atoms with E-state index in [9.17, 15) is 0 Å². The highest BCUT2D eigenvalue weighted by molar-refractivity contribution is 14.1. The van der Waals surface area contributed by atoms with Gasteiger partial charge >= 0.3 is 0 Å². The van der Waals surface area contributed by atoms with Crippen LogP contribution in [-0.4, -0.2) is 13.1 Å². The fourth-order valence-corrected chi connectivity index (χ4v) is 2.82. The number of hydrogen-bond donors (Lipinski definition) is 1. The molecule has 1 heterocycles. The van der Waals surface area contributed by atoms with E-state index in [-0.39, 0.29) is 0 Å². The SMILES string of the molecule is CC1(C)CN(c2ccc(N)cc2I)C1. The molecule has 1 aromatic carbocycles. The molecule has 0 radical (unpaired) electrons. The van der Waals surface area contributed by atoms with Crippen LogP contribution in [-0.2, 0) is 0 Å². The zero-order valence-electron chi connectivity index (χ0n) is 8.55. The first kappa shape index (κ1) is 10.1. The molecule has 0 saturated carbocycles. The van der Waals surface area contributed by atoms with Crippen LogP contribution < -0.4 is 10.6 Å². The van der Waals surface area contributed by atoms with Gasteiger partial charge in [-0.25, -0.2) is 0 Å². The lowest BCUT2D eigenvalue weighted by Gasteiger charge is -2.47. The van der Waals surface area contributed by atoms with Gasteiger partial charge in [-0.2, -0.15) is 0 Å². The number of rotatable bonds is 1. The van der Waals surface area contributed by atoms with Crippen molar-refractivity contribution < 1.29 is 0 Å². The second-order valence-electron chi connectivity index (χ2n) is 4.73. The molecule has 0 unspecified atom stereocenters. The lowest BCUT2D eigenvalue weighted by Crippen LogP contribution is -2.53. The third kappa shape index (κ3) is 1.82.